The van der Waals surface area contributed by atoms with Crippen LogP contribution in [0.4, 0.5) is 0 Å². The molecule has 1 heterocycles. The van der Waals surface area contributed by atoms with Crippen molar-refractivity contribution in [2.45, 2.75) is 20.0 Å². The summed E-state index contributed by atoms with van der Waals surface area (Å²) in [5, 5.41) is 8.42. The highest BCUT2D eigenvalue weighted by Crippen LogP contribution is 2.38. The van der Waals surface area contributed by atoms with Gasteiger partial charge in [0.1, 0.15) is 0 Å². The van der Waals surface area contributed by atoms with Gasteiger partial charge in [0, 0.05) is 10.6 Å². The van der Waals surface area contributed by atoms with E-state index < -0.39 is 0 Å². The molecular weight excluding hydrogens is 280 g/mol. The van der Waals surface area contributed by atoms with E-state index in [1.165, 1.54) is 0 Å². The van der Waals surface area contributed by atoms with Crippen LogP contribution in [0.15, 0.2) is 28.7 Å². The van der Waals surface area contributed by atoms with Crippen LogP contribution in [0.1, 0.15) is 19.2 Å². The summed E-state index contributed by atoms with van der Waals surface area (Å²) in [6.45, 7) is 2.04. The summed E-state index contributed by atoms with van der Waals surface area (Å²) in [7, 11) is 0. The topological polar surface area (TPSA) is 65.2 Å². The molecule has 2 atom stereocenters. The van der Waals surface area contributed by atoms with Gasteiger partial charge in [-0.2, -0.15) is 0 Å². The summed E-state index contributed by atoms with van der Waals surface area (Å²) < 4.78 is 10.6. The first kappa shape index (κ1) is 13.1. The first-order valence-corrected chi connectivity index (χ1v) is 6.76. The molecule has 104 valence electrons. The maximum atomic E-state index is 11.6. The Morgan fingerprint density at radius 1 is 1.40 bits per heavy atom. The van der Waals surface area contributed by atoms with E-state index in [-0.39, 0.29) is 24.4 Å². The Morgan fingerprint density at radius 3 is 2.75 bits per heavy atom. The van der Waals surface area contributed by atoms with E-state index in [2.05, 4.69) is 10.2 Å². The maximum Gasteiger partial charge on any atom is 0.309 e. The Bertz CT molecular complexity index is 624. The predicted molar refractivity (Wildman–Crippen MR) is 71.8 cm³/mol. The average molecular weight is 293 g/mol. The fourth-order valence-corrected chi connectivity index (χ4v) is 2.04. The number of nitrogens with zero attached hydrogens (tertiary/aromatic N) is 2. The van der Waals surface area contributed by atoms with Crippen molar-refractivity contribution in [2.24, 2.45) is 11.8 Å². The smallest absolute Gasteiger partial charge is 0.309 e. The van der Waals surface area contributed by atoms with E-state index in [1.807, 2.05) is 6.92 Å². The van der Waals surface area contributed by atoms with Gasteiger partial charge in [0.25, 0.3) is 5.89 Å². The van der Waals surface area contributed by atoms with Crippen LogP contribution in [-0.2, 0) is 16.1 Å². The molecule has 1 aliphatic carbocycles. The van der Waals surface area contributed by atoms with Gasteiger partial charge >= 0.3 is 5.97 Å². The molecule has 0 amide bonds. The van der Waals surface area contributed by atoms with E-state index in [0.29, 0.717) is 16.8 Å². The van der Waals surface area contributed by atoms with Crippen molar-refractivity contribution in [3.05, 3.63) is 35.2 Å². The summed E-state index contributed by atoms with van der Waals surface area (Å²) in [4.78, 5) is 11.6. The number of benzene rings is 1. The normalized spacial score (nSPS) is 20.7. The molecule has 0 unspecified atom stereocenters. The first-order chi connectivity index (χ1) is 9.63. The lowest BCUT2D eigenvalue weighted by Gasteiger charge is -1.99. The molecule has 0 spiro atoms. The second-order valence-electron chi connectivity index (χ2n) is 4.94. The predicted octanol–water partition coefficient (Wildman–Crippen LogP) is 3.09. The highest BCUT2D eigenvalue weighted by atomic mass is 35.5. The van der Waals surface area contributed by atoms with Gasteiger partial charge in [0.15, 0.2) is 6.61 Å². The van der Waals surface area contributed by atoms with Crippen molar-refractivity contribution in [1.82, 2.24) is 10.2 Å². The monoisotopic (exact) mass is 292 g/mol. The lowest BCUT2D eigenvalue weighted by atomic mass is 10.2. The van der Waals surface area contributed by atoms with Gasteiger partial charge in [0.05, 0.1) is 5.92 Å². The van der Waals surface area contributed by atoms with Crippen LogP contribution in [0.5, 0.6) is 0 Å². The molecule has 5 nitrogen and oxygen atoms in total. The second kappa shape index (κ2) is 5.25. The first-order valence-electron chi connectivity index (χ1n) is 6.38. The van der Waals surface area contributed by atoms with Crippen LogP contribution < -0.4 is 0 Å². The van der Waals surface area contributed by atoms with Gasteiger partial charge < -0.3 is 9.15 Å². The molecule has 20 heavy (non-hydrogen) atoms. The maximum absolute atomic E-state index is 11.6. The zero-order valence-corrected chi connectivity index (χ0v) is 11.6. The third-order valence-corrected chi connectivity index (χ3v) is 3.56. The standard InChI is InChI=1S/C14H13ClN2O3/c1-8-6-11(8)14(18)19-7-12-16-17-13(20-12)9-2-4-10(15)5-3-9/h2-5,8,11H,6-7H2,1H3/t8-,11+/m0/s1. The number of carbonyl (C=O) groups excluding carboxylic acids is 1. The summed E-state index contributed by atoms with van der Waals surface area (Å²) in [6.07, 6.45) is 0.901. The van der Waals surface area contributed by atoms with Crippen LogP contribution in [-0.4, -0.2) is 16.2 Å². The van der Waals surface area contributed by atoms with Gasteiger partial charge in [-0.15, -0.1) is 10.2 Å². The highest BCUT2D eigenvalue weighted by molar-refractivity contribution is 6.30. The zero-order chi connectivity index (χ0) is 14.1. The third kappa shape index (κ3) is 2.82. The molecule has 0 N–H and O–H groups in total. The SMILES string of the molecule is C[C@H]1C[C@H]1C(=O)OCc1nnc(-c2ccc(Cl)cc2)o1. The Hall–Kier alpha value is -1.88. The number of carbonyl (C=O) groups is 1. The summed E-state index contributed by atoms with van der Waals surface area (Å²) in [6, 6.07) is 7.07. The van der Waals surface area contributed by atoms with Crippen molar-refractivity contribution in [3.63, 3.8) is 0 Å². The Morgan fingerprint density at radius 2 is 2.10 bits per heavy atom. The van der Waals surface area contributed by atoms with Crippen LogP contribution in [0.2, 0.25) is 5.02 Å². The molecule has 1 aromatic carbocycles. The number of ether oxygens (including phenoxy) is 1. The van der Waals surface area contributed by atoms with Gasteiger partial charge in [-0.05, 0) is 36.6 Å². The Balaban J connectivity index is 1.62. The summed E-state index contributed by atoms with van der Waals surface area (Å²) in [5.41, 5.74) is 0.773. The molecule has 1 fully saturated rings. The highest BCUT2D eigenvalue weighted by Gasteiger charge is 2.40. The van der Waals surface area contributed by atoms with Crippen molar-refractivity contribution in [3.8, 4) is 11.5 Å². The Kier molecular flexibility index (Phi) is 3.44. The number of halogens is 1. The van der Waals surface area contributed by atoms with E-state index >= 15 is 0 Å². The molecule has 1 aromatic heterocycles. The quantitative estimate of drug-likeness (QED) is 0.810. The van der Waals surface area contributed by atoms with Gasteiger partial charge in [-0.1, -0.05) is 18.5 Å². The van der Waals surface area contributed by atoms with Crippen molar-refractivity contribution in [2.75, 3.05) is 0 Å². The van der Waals surface area contributed by atoms with E-state index in [9.17, 15) is 4.79 Å². The number of hydrogen-bond donors (Lipinski definition) is 0. The summed E-state index contributed by atoms with van der Waals surface area (Å²) in [5.74, 6) is 0.941. The number of esters is 1. The van der Waals surface area contributed by atoms with Crippen molar-refractivity contribution < 1.29 is 13.9 Å². The zero-order valence-electron chi connectivity index (χ0n) is 10.9. The Labute approximate surface area is 120 Å². The van der Waals surface area contributed by atoms with Gasteiger partial charge in [-0.25, -0.2) is 0 Å². The number of aromatic nitrogens is 2. The fraction of sp³-hybridized carbons (Fsp3) is 0.357. The minimum Gasteiger partial charge on any atom is -0.455 e. The molecular formula is C14H13ClN2O3. The van der Waals surface area contributed by atoms with Crippen LogP contribution in [0.25, 0.3) is 11.5 Å². The van der Waals surface area contributed by atoms with Crippen LogP contribution >= 0.6 is 11.6 Å². The minimum atomic E-state index is -0.191. The third-order valence-electron chi connectivity index (χ3n) is 3.31. The lowest BCUT2D eigenvalue weighted by molar-refractivity contribution is -0.147. The van der Waals surface area contributed by atoms with Gasteiger partial charge in [-0.3, -0.25) is 4.79 Å². The van der Waals surface area contributed by atoms with Gasteiger partial charge in [0.2, 0.25) is 5.89 Å². The molecule has 1 saturated carbocycles. The molecule has 1 aliphatic rings. The van der Waals surface area contributed by atoms with Crippen LogP contribution in [0, 0.1) is 11.8 Å². The lowest BCUT2D eigenvalue weighted by Crippen LogP contribution is -2.07. The van der Waals surface area contributed by atoms with Crippen molar-refractivity contribution in [1.29, 1.82) is 0 Å². The molecule has 0 aliphatic heterocycles. The molecule has 3 rings (SSSR count). The molecule has 2 aromatic rings. The van der Waals surface area contributed by atoms with E-state index in [4.69, 9.17) is 20.8 Å². The van der Waals surface area contributed by atoms with Crippen molar-refractivity contribution >= 4 is 17.6 Å². The molecule has 6 heteroatoms. The molecule has 0 bridgehead atoms. The number of hydrogen-bond acceptors (Lipinski definition) is 5. The van der Waals surface area contributed by atoms with E-state index in [1.54, 1.807) is 24.3 Å². The van der Waals surface area contributed by atoms with E-state index in [0.717, 1.165) is 12.0 Å². The average Bonchev–Trinajstić information content (AvgIpc) is 3.00. The van der Waals surface area contributed by atoms with Crippen LogP contribution in [0.3, 0.4) is 0 Å². The molecule has 0 radical (unpaired) electrons. The largest absolute Gasteiger partial charge is 0.455 e. The second-order valence-corrected chi connectivity index (χ2v) is 5.37. The fourth-order valence-electron chi connectivity index (χ4n) is 1.91. The minimum absolute atomic E-state index is 0.0165. The summed E-state index contributed by atoms with van der Waals surface area (Å²) >= 11 is 5.81. The number of rotatable bonds is 4. The molecule has 0 saturated heterocycles.